The molecule has 5 nitrogen and oxygen atoms in total. The molecule has 6 heteroatoms. The van der Waals surface area contributed by atoms with Crippen molar-refractivity contribution in [3.05, 3.63) is 102 Å². The number of nitrogens with zero attached hydrogens (tertiary/aromatic N) is 2. The zero-order chi connectivity index (χ0) is 20.7. The van der Waals surface area contributed by atoms with E-state index in [-0.39, 0.29) is 24.2 Å². The molecule has 2 heterocycles. The number of hydrogen-bond acceptors (Lipinski definition) is 4. The van der Waals surface area contributed by atoms with Crippen LogP contribution in [0.5, 0.6) is 0 Å². The molecule has 0 N–H and O–H groups in total. The van der Waals surface area contributed by atoms with Crippen LogP contribution < -0.4 is 5.06 Å². The third kappa shape index (κ3) is 3.06. The maximum absolute atomic E-state index is 13.5. The van der Waals surface area contributed by atoms with E-state index in [2.05, 4.69) is 0 Å². The van der Waals surface area contributed by atoms with Crippen LogP contribution in [0.25, 0.3) is 0 Å². The molecule has 2 fully saturated rings. The van der Waals surface area contributed by atoms with Crippen LogP contribution in [0, 0.1) is 11.7 Å². The van der Waals surface area contributed by atoms with Crippen molar-refractivity contribution in [1.82, 2.24) is 4.90 Å². The number of carbonyl (C=O) groups is 2. The molecule has 2 aliphatic rings. The number of imide groups is 1. The van der Waals surface area contributed by atoms with Crippen LogP contribution in [-0.4, -0.2) is 22.8 Å². The van der Waals surface area contributed by atoms with E-state index < -0.39 is 18.1 Å². The lowest BCUT2D eigenvalue weighted by Crippen LogP contribution is -2.36. The number of likely N-dealkylation sites (tertiary alicyclic amines) is 1. The topological polar surface area (TPSA) is 49.9 Å². The van der Waals surface area contributed by atoms with Crippen molar-refractivity contribution in [2.45, 2.75) is 18.7 Å². The van der Waals surface area contributed by atoms with Crippen LogP contribution in [-0.2, 0) is 21.0 Å². The maximum Gasteiger partial charge on any atom is 0.262 e. The predicted molar refractivity (Wildman–Crippen MR) is 108 cm³/mol. The first-order chi connectivity index (χ1) is 14.6. The second-order valence-corrected chi connectivity index (χ2v) is 7.46. The first-order valence-corrected chi connectivity index (χ1v) is 9.79. The average Bonchev–Trinajstić information content (AvgIpc) is 3.28. The van der Waals surface area contributed by atoms with Gasteiger partial charge in [0.15, 0.2) is 6.10 Å². The summed E-state index contributed by atoms with van der Waals surface area (Å²) in [5.74, 6) is -1.69. The Morgan fingerprint density at radius 2 is 1.43 bits per heavy atom. The number of halogens is 1. The van der Waals surface area contributed by atoms with Crippen molar-refractivity contribution in [3.63, 3.8) is 0 Å². The van der Waals surface area contributed by atoms with E-state index in [1.54, 1.807) is 17.2 Å². The lowest BCUT2D eigenvalue weighted by atomic mass is 9.90. The van der Waals surface area contributed by atoms with Gasteiger partial charge in [-0.05, 0) is 35.4 Å². The highest BCUT2D eigenvalue weighted by Gasteiger charge is 2.59. The van der Waals surface area contributed by atoms with Gasteiger partial charge >= 0.3 is 0 Å². The largest absolute Gasteiger partial charge is 0.275 e. The molecule has 0 bridgehead atoms. The Labute approximate surface area is 173 Å². The summed E-state index contributed by atoms with van der Waals surface area (Å²) in [5, 5.41) is 1.61. The Hall–Kier alpha value is -3.51. The van der Waals surface area contributed by atoms with E-state index in [0.717, 1.165) is 16.8 Å². The third-order valence-corrected chi connectivity index (χ3v) is 5.61. The van der Waals surface area contributed by atoms with Crippen molar-refractivity contribution >= 4 is 17.5 Å². The van der Waals surface area contributed by atoms with Gasteiger partial charge in [0.2, 0.25) is 5.91 Å². The number of benzene rings is 3. The fourth-order valence-electron chi connectivity index (χ4n) is 4.19. The zero-order valence-electron chi connectivity index (χ0n) is 16.0. The number of hydrogen-bond donors (Lipinski definition) is 0. The van der Waals surface area contributed by atoms with Gasteiger partial charge in [0, 0.05) is 0 Å². The Balaban J connectivity index is 1.52. The smallest absolute Gasteiger partial charge is 0.262 e. The molecule has 2 saturated heterocycles. The van der Waals surface area contributed by atoms with E-state index in [0.29, 0.717) is 0 Å². The number of fused-ring (bicyclic) bond motifs is 1. The summed E-state index contributed by atoms with van der Waals surface area (Å²) in [5.41, 5.74) is 2.32. The van der Waals surface area contributed by atoms with Crippen molar-refractivity contribution in [3.8, 4) is 0 Å². The van der Waals surface area contributed by atoms with Crippen molar-refractivity contribution in [2.75, 3.05) is 5.06 Å². The molecule has 3 aromatic rings. The minimum atomic E-state index is -0.906. The standard InChI is InChI=1S/C24H19FN2O3/c25-18-13-11-17(12-14-18)21-20-22(30-27(21)19-9-5-2-6-10-19)24(29)26(23(20)28)15-16-7-3-1-4-8-16/h1-14,20-22H,15H2/t20-,21+,22-/m0/s1. The number of hydroxylamine groups is 1. The average molecular weight is 402 g/mol. The first-order valence-electron chi connectivity index (χ1n) is 9.79. The molecule has 150 valence electrons. The highest BCUT2D eigenvalue weighted by atomic mass is 19.1. The number of carbonyl (C=O) groups excluding carboxylic acids is 2. The van der Waals surface area contributed by atoms with Gasteiger partial charge in [-0.3, -0.25) is 19.3 Å². The van der Waals surface area contributed by atoms with E-state index in [4.69, 9.17) is 4.84 Å². The number of rotatable bonds is 4. The second-order valence-electron chi connectivity index (χ2n) is 7.46. The van der Waals surface area contributed by atoms with E-state index in [1.807, 2.05) is 60.7 Å². The molecular formula is C24H19FN2O3. The van der Waals surface area contributed by atoms with Gasteiger partial charge in [-0.15, -0.1) is 0 Å². The summed E-state index contributed by atoms with van der Waals surface area (Å²) < 4.78 is 13.5. The second kappa shape index (κ2) is 7.39. The summed E-state index contributed by atoms with van der Waals surface area (Å²) in [6, 6.07) is 24.2. The quantitative estimate of drug-likeness (QED) is 0.622. The van der Waals surface area contributed by atoms with Gasteiger partial charge in [-0.2, -0.15) is 0 Å². The normalized spacial score (nSPS) is 23.2. The molecule has 0 aromatic heterocycles. The monoisotopic (exact) mass is 402 g/mol. The van der Waals surface area contributed by atoms with E-state index >= 15 is 0 Å². The first kappa shape index (κ1) is 18.5. The molecule has 0 radical (unpaired) electrons. The summed E-state index contributed by atoms with van der Waals surface area (Å²) >= 11 is 0. The summed E-state index contributed by atoms with van der Waals surface area (Å²) in [7, 11) is 0. The van der Waals surface area contributed by atoms with Gasteiger partial charge in [-0.1, -0.05) is 60.7 Å². The van der Waals surface area contributed by atoms with Crippen LogP contribution >= 0.6 is 0 Å². The van der Waals surface area contributed by atoms with Crippen LogP contribution in [0.3, 0.4) is 0 Å². The molecule has 3 atom stereocenters. The summed E-state index contributed by atoms with van der Waals surface area (Å²) in [4.78, 5) is 33.8. The minimum absolute atomic E-state index is 0.205. The minimum Gasteiger partial charge on any atom is -0.275 e. The molecule has 0 saturated carbocycles. The molecule has 3 aromatic carbocycles. The highest BCUT2D eigenvalue weighted by Crippen LogP contribution is 2.46. The molecule has 30 heavy (non-hydrogen) atoms. The highest BCUT2D eigenvalue weighted by molar-refractivity contribution is 6.07. The van der Waals surface area contributed by atoms with Crippen molar-refractivity contribution in [2.24, 2.45) is 5.92 Å². The van der Waals surface area contributed by atoms with Crippen molar-refractivity contribution in [1.29, 1.82) is 0 Å². The number of amides is 2. The number of para-hydroxylation sites is 1. The summed E-state index contributed by atoms with van der Waals surface area (Å²) in [6.45, 7) is 0.205. The van der Waals surface area contributed by atoms with Gasteiger partial charge in [-0.25, -0.2) is 9.45 Å². The van der Waals surface area contributed by atoms with Gasteiger partial charge < -0.3 is 0 Å². The fraction of sp³-hybridized carbons (Fsp3) is 0.167. The lowest BCUT2D eigenvalue weighted by molar-refractivity contribution is -0.143. The molecule has 0 aliphatic carbocycles. The van der Waals surface area contributed by atoms with Gasteiger partial charge in [0.05, 0.1) is 18.3 Å². The summed E-state index contributed by atoms with van der Waals surface area (Å²) in [6.07, 6.45) is -0.906. The molecule has 5 rings (SSSR count). The SMILES string of the molecule is O=C1[C@@H]2[C@H](ON(c3ccccc3)[C@@H]2c2ccc(F)cc2)C(=O)N1Cc1ccccc1. The molecule has 0 unspecified atom stereocenters. The fourth-order valence-corrected chi connectivity index (χ4v) is 4.19. The maximum atomic E-state index is 13.5. The third-order valence-electron chi connectivity index (χ3n) is 5.61. The Morgan fingerprint density at radius 3 is 2.10 bits per heavy atom. The Kier molecular flexibility index (Phi) is 4.56. The molecular weight excluding hydrogens is 383 g/mol. The Morgan fingerprint density at radius 1 is 0.800 bits per heavy atom. The van der Waals surface area contributed by atoms with Crippen LogP contribution in [0.2, 0.25) is 0 Å². The van der Waals surface area contributed by atoms with Gasteiger partial charge in [0.25, 0.3) is 5.91 Å². The lowest BCUT2D eigenvalue weighted by Gasteiger charge is -2.28. The molecule has 2 amide bonds. The van der Waals surface area contributed by atoms with E-state index in [9.17, 15) is 14.0 Å². The van der Waals surface area contributed by atoms with Crippen LogP contribution in [0.15, 0.2) is 84.9 Å². The molecule has 2 aliphatic heterocycles. The van der Waals surface area contributed by atoms with Crippen molar-refractivity contribution < 1.29 is 18.8 Å². The Bertz CT molecular complexity index is 1070. The zero-order valence-corrected chi connectivity index (χ0v) is 16.0. The van der Waals surface area contributed by atoms with Crippen LogP contribution in [0.1, 0.15) is 17.2 Å². The van der Waals surface area contributed by atoms with Crippen LogP contribution in [0.4, 0.5) is 10.1 Å². The van der Waals surface area contributed by atoms with Gasteiger partial charge in [0.1, 0.15) is 11.7 Å². The van der Waals surface area contributed by atoms with E-state index in [1.165, 1.54) is 17.0 Å². The predicted octanol–water partition coefficient (Wildman–Crippen LogP) is 3.87. The molecule has 0 spiro atoms. The number of anilines is 1.